The first-order chi connectivity index (χ1) is 8.83. The van der Waals surface area contributed by atoms with Gasteiger partial charge in [0, 0.05) is 6.54 Å². The van der Waals surface area contributed by atoms with Gasteiger partial charge in [-0.2, -0.15) is 5.10 Å². The lowest BCUT2D eigenvalue weighted by molar-refractivity contribution is 0.581. The van der Waals surface area contributed by atoms with Crippen molar-refractivity contribution in [3.05, 3.63) is 17.8 Å². The van der Waals surface area contributed by atoms with Crippen molar-refractivity contribution in [1.29, 1.82) is 0 Å². The van der Waals surface area contributed by atoms with Crippen LogP contribution in [0.3, 0.4) is 0 Å². The topological polar surface area (TPSA) is 37.8 Å². The average molecular weight is 249 g/mol. The molecule has 3 nitrogen and oxygen atoms in total. The first kappa shape index (κ1) is 14.9. The van der Waals surface area contributed by atoms with E-state index in [1.165, 1.54) is 51.4 Å². The molecule has 0 spiro atoms. The molecule has 0 atom stereocenters. The summed E-state index contributed by atoms with van der Waals surface area (Å²) < 4.78 is 0. The molecule has 0 aromatic carbocycles. The van der Waals surface area contributed by atoms with E-state index in [0.717, 1.165) is 18.1 Å². The standard InChI is InChI=1S/C15H27N3/c1-3-4-5-6-7-8-9-10-13-16-15-12-11-14(2)17-18-15/h11-12H,3-10,13H2,1-2H3,(H,16,18). The van der Waals surface area contributed by atoms with Crippen LogP contribution >= 0.6 is 0 Å². The highest BCUT2D eigenvalue weighted by Gasteiger charge is 1.94. The van der Waals surface area contributed by atoms with Crippen LogP contribution in [-0.2, 0) is 0 Å². The van der Waals surface area contributed by atoms with Gasteiger partial charge in [0.25, 0.3) is 0 Å². The van der Waals surface area contributed by atoms with Crippen LogP contribution in [0.25, 0.3) is 0 Å². The van der Waals surface area contributed by atoms with Crippen LogP contribution in [0.4, 0.5) is 5.82 Å². The Morgan fingerprint density at radius 2 is 1.56 bits per heavy atom. The van der Waals surface area contributed by atoms with E-state index in [0.29, 0.717) is 0 Å². The van der Waals surface area contributed by atoms with Gasteiger partial charge in [-0.05, 0) is 25.5 Å². The van der Waals surface area contributed by atoms with Gasteiger partial charge in [-0.1, -0.05) is 51.9 Å². The maximum Gasteiger partial charge on any atom is 0.148 e. The summed E-state index contributed by atoms with van der Waals surface area (Å²) in [5.41, 5.74) is 0.965. The molecule has 0 saturated heterocycles. The van der Waals surface area contributed by atoms with Crippen molar-refractivity contribution < 1.29 is 0 Å². The quantitative estimate of drug-likeness (QED) is 0.627. The fraction of sp³-hybridized carbons (Fsp3) is 0.733. The second-order valence-corrected chi connectivity index (χ2v) is 4.96. The molecule has 0 aliphatic carbocycles. The summed E-state index contributed by atoms with van der Waals surface area (Å²) in [4.78, 5) is 0. The lowest BCUT2D eigenvalue weighted by Crippen LogP contribution is -2.04. The minimum Gasteiger partial charge on any atom is -0.369 e. The highest BCUT2D eigenvalue weighted by Crippen LogP contribution is 2.08. The number of unbranched alkanes of at least 4 members (excludes halogenated alkanes) is 7. The first-order valence-corrected chi connectivity index (χ1v) is 7.37. The molecule has 1 aromatic heterocycles. The van der Waals surface area contributed by atoms with Gasteiger partial charge in [-0.25, -0.2) is 0 Å². The number of nitrogens with one attached hydrogen (secondary N) is 1. The summed E-state index contributed by atoms with van der Waals surface area (Å²) in [5, 5.41) is 11.4. The Hall–Kier alpha value is -1.12. The smallest absolute Gasteiger partial charge is 0.148 e. The van der Waals surface area contributed by atoms with Crippen LogP contribution in [-0.4, -0.2) is 16.7 Å². The molecule has 0 fully saturated rings. The van der Waals surface area contributed by atoms with E-state index in [4.69, 9.17) is 0 Å². The zero-order valence-corrected chi connectivity index (χ0v) is 11.9. The van der Waals surface area contributed by atoms with Crippen LogP contribution in [0.1, 0.15) is 64.0 Å². The molecule has 0 amide bonds. The van der Waals surface area contributed by atoms with Crippen LogP contribution in [0.5, 0.6) is 0 Å². The van der Waals surface area contributed by atoms with Crippen LogP contribution in [0.2, 0.25) is 0 Å². The summed E-state index contributed by atoms with van der Waals surface area (Å²) in [6, 6.07) is 3.98. The number of aryl methyl sites for hydroxylation is 1. The lowest BCUT2D eigenvalue weighted by Gasteiger charge is -2.05. The summed E-state index contributed by atoms with van der Waals surface area (Å²) in [6.45, 7) is 5.22. The summed E-state index contributed by atoms with van der Waals surface area (Å²) in [7, 11) is 0. The van der Waals surface area contributed by atoms with E-state index in [2.05, 4.69) is 22.4 Å². The average Bonchev–Trinajstić information content (AvgIpc) is 2.39. The molecule has 1 N–H and O–H groups in total. The number of anilines is 1. The number of nitrogens with zero attached hydrogens (tertiary/aromatic N) is 2. The predicted octanol–water partition coefficient (Wildman–Crippen LogP) is 4.34. The Labute approximate surface area is 111 Å². The van der Waals surface area contributed by atoms with Crippen molar-refractivity contribution in [2.75, 3.05) is 11.9 Å². The van der Waals surface area contributed by atoms with Crippen molar-refractivity contribution in [3.8, 4) is 0 Å². The second-order valence-electron chi connectivity index (χ2n) is 4.96. The van der Waals surface area contributed by atoms with Gasteiger partial charge in [0.1, 0.15) is 5.82 Å². The van der Waals surface area contributed by atoms with Gasteiger partial charge >= 0.3 is 0 Å². The van der Waals surface area contributed by atoms with E-state index in [1.807, 2.05) is 19.1 Å². The summed E-state index contributed by atoms with van der Waals surface area (Å²) in [6.07, 6.45) is 10.9. The first-order valence-electron chi connectivity index (χ1n) is 7.37. The third-order valence-electron chi connectivity index (χ3n) is 3.13. The van der Waals surface area contributed by atoms with Crippen molar-refractivity contribution in [2.45, 2.75) is 65.2 Å². The van der Waals surface area contributed by atoms with E-state index >= 15 is 0 Å². The monoisotopic (exact) mass is 249 g/mol. The largest absolute Gasteiger partial charge is 0.369 e. The molecule has 1 rings (SSSR count). The number of rotatable bonds is 10. The zero-order chi connectivity index (χ0) is 13.1. The van der Waals surface area contributed by atoms with Crippen molar-refractivity contribution in [1.82, 2.24) is 10.2 Å². The molecule has 0 radical (unpaired) electrons. The van der Waals surface area contributed by atoms with E-state index in [-0.39, 0.29) is 0 Å². The molecule has 0 saturated carbocycles. The Morgan fingerprint density at radius 3 is 2.17 bits per heavy atom. The van der Waals surface area contributed by atoms with Gasteiger partial charge in [0.2, 0.25) is 0 Å². The molecular weight excluding hydrogens is 222 g/mol. The molecular formula is C15H27N3. The van der Waals surface area contributed by atoms with E-state index in [1.54, 1.807) is 0 Å². The third kappa shape index (κ3) is 7.25. The Morgan fingerprint density at radius 1 is 0.889 bits per heavy atom. The molecule has 1 aromatic rings. The van der Waals surface area contributed by atoms with Crippen LogP contribution in [0.15, 0.2) is 12.1 Å². The minimum absolute atomic E-state index is 0.892. The fourth-order valence-electron chi connectivity index (χ4n) is 1.97. The predicted molar refractivity (Wildman–Crippen MR) is 77.9 cm³/mol. The number of hydrogen-bond donors (Lipinski definition) is 1. The van der Waals surface area contributed by atoms with Crippen LogP contribution in [0, 0.1) is 6.92 Å². The van der Waals surface area contributed by atoms with Gasteiger partial charge in [-0.15, -0.1) is 5.10 Å². The minimum atomic E-state index is 0.892. The molecule has 1 heterocycles. The number of hydrogen-bond acceptors (Lipinski definition) is 3. The zero-order valence-electron chi connectivity index (χ0n) is 11.9. The summed E-state index contributed by atoms with van der Waals surface area (Å²) >= 11 is 0. The Balaban J connectivity index is 1.91. The highest BCUT2D eigenvalue weighted by molar-refractivity contribution is 5.32. The molecule has 18 heavy (non-hydrogen) atoms. The van der Waals surface area contributed by atoms with E-state index in [9.17, 15) is 0 Å². The number of aromatic nitrogens is 2. The lowest BCUT2D eigenvalue weighted by atomic mass is 10.1. The molecule has 0 aliphatic rings. The fourth-order valence-corrected chi connectivity index (χ4v) is 1.97. The van der Waals surface area contributed by atoms with Gasteiger partial charge in [-0.3, -0.25) is 0 Å². The summed E-state index contributed by atoms with van der Waals surface area (Å²) in [5.74, 6) is 0.892. The molecule has 3 heteroatoms. The van der Waals surface area contributed by atoms with Crippen molar-refractivity contribution in [3.63, 3.8) is 0 Å². The van der Waals surface area contributed by atoms with Gasteiger partial charge in [0.15, 0.2) is 0 Å². The highest BCUT2D eigenvalue weighted by atomic mass is 15.2. The normalized spacial score (nSPS) is 10.6. The van der Waals surface area contributed by atoms with E-state index < -0.39 is 0 Å². The molecule has 0 unspecified atom stereocenters. The Kier molecular flexibility index (Phi) is 8.19. The van der Waals surface area contributed by atoms with Gasteiger partial charge in [0.05, 0.1) is 5.69 Å². The molecule has 0 bridgehead atoms. The molecule has 0 aliphatic heterocycles. The molecule has 102 valence electrons. The SMILES string of the molecule is CCCCCCCCCCNc1ccc(C)nn1. The second kappa shape index (κ2) is 9.86. The maximum atomic E-state index is 4.08. The third-order valence-corrected chi connectivity index (χ3v) is 3.13. The van der Waals surface area contributed by atoms with Gasteiger partial charge < -0.3 is 5.32 Å². The Bertz CT molecular complexity index is 295. The van der Waals surface area contributed by atoms with Crippen LogP contribution < -0.4 is 5.32 Å². The maximum absolute atomic E-state index is 4.08. The van der Waals surface area contributed by atoms with Crippen molar-refractivity contribution in [2.24, 2.45) is 0 Å². The van der Waals surface area contributed by atoms with Crippen molar-refractivity contribution >= 4 is 5.82 Å².